The number of nitrogens with one attached hydrogen (secondary N) is 2. The summed E-state index contributed by atoms with van der Waals surface area (Å²) < 4.78 is 52.0. The predicted octanol–water partition coefficient (Wildman–Crippen LogP) is 3.15. The molecule has 0 bridgehead atoms. The van der Waals surface area contributed by atoms with E-state index in [4.69, 9.17) is 0 Å². The van der Waals surface area contributed by atoms with Crippen LogP contribution in [0.25, 0.3) is 0 Å². The molecule has 0 spiro atoms. The zero-order chi connectivity index (χ0) is 17.8. The number of rotatable bonds is 6. The Morgan fingerprint density at radius 3 is 2.33 bits per heavy atom. The van der Waals surface area contributed by atoms with Gasteiger partial charge in [-0.05, 0) is 43.5 Å². The van der Waals surface area contributed by atoms with Crippen molar-refractivity contribution in [2.75, 3.05) is 10.5 Å². The molecule has 1 amide bonds. The van der Waals surface area contributed by atoms with Crippen molar-refractivity contribution in [1.29, 1.82) is 0 Å². The molecule has 0 aliphatic heterocycles. The molecular formula is C16H22F2N2O3S. The molecule has 1 aromatic rings. The summed E-state index contributed by atoms with van der Waals surface area (Å²) in [5.41, 5.74) is 0.753. The number of alkyl halides is 2. The maximum Gasteiger partial charge on any atom is 0.251 e. The molecule has 1 fully saturated rings. The molecule has 0 atom stereocenters. The fourth-order valence-electron chi connectivity index (χ4n) is 2.64. The summed E-state index contributed by atoms with van der Waals surface area (Å²) in [4.78, 5) is 12.1. The molecule has 1 aliphatic carbocycles. The van der Waals surface area contributed by atoms with Gasteiger partial charge in [-0.2, -0.15) is 0 Å². The average Bonchev–Trinajstić information content (AvgIpc) is 2.49. The Morgan fingerprint density at radius 2 is 1.79 bits per heavy atom. The van der Waals surface area contributed by atoms with Crippen molar-refractivity contribution in [3.63, 3.8) is 0 Å². The third kappa shape index (κ3) is 5.43. The van der Waals surface area contributed by atoms with E-state index in [-0.39, 0.29) is 43.4 Å². The van der Waals surface area contributed by atoms with E-state index in [9.17, 15) is 22.0 Å². The third-order valence-corrected chi connectivity index (χ3v) is 5.44. The van der Waals surface area contributed by atoms with Crippen molar-refractivity contribution < 1.29 is 22.0 Å². The number of carbonyl (C=O) groups is 1. The highest BCUT2D eigenvalue weighted by molar-refractivity contribution is 7.92. The number of hydrogen-bond donors (Lipinski definition) is 2. The third-order valence-electron chi connectivity index (χ3n) is 3.95. The first-order valence-electron chi connectivity index (χ1n) is 8.00. The van der Waals surface area contributed by atoms with Gasteiger partial charge >= 0.3 is 0 Å². The number of halogens is 2. The van der Waals surface area contributed by atoms with Gasteiger partial charge in [0.15, 0.2) is 0 Å². The number of amides is 1. The monoisotopic (exact) mass is 360 g/mol. The molecule has 2 rings (SSSR count). The first-order valence-corrected chi connectivity index (χ1v) is 9.65. The lowest BCUT2D eigenvalue weighted by Gasteiger charge is -2.28. The second-order valence-corrected chi connectivity index (χ2v) is 7.94. The summed E-state index contributed by atoms with van der Waals surface area (Å²) in [7, 11) is -3.37. The van der Waals surface area contributed by atoms with E-state index in [0.717, 1.165) is 0 Å². The summed E-state index contributed by atoms with van der Waals surface area (Å²) in [6, 6.07) is 5.79. The lowest BCUT2D eigenvalue weighted by atomic mass is 9.92. The predicted molar refractivity (Wildman–Crippen MR) is 88.8 cm³/mol. The van der Waals surface area contributed by atoms with Gasteiger partial charge in [0.05, 0.1) is 5.75 Å². The highest BCUT2D eigenvalue weighted by atomic mass is 32.2. The normalized spacial score (nSPS) is 18.1. The zero-order valence-corrected chi connectivity index (χ0v) is 14.3. The Kier molecular flexibility index (Phi) is 5.79. The van der Waals surface area contributed by atoms with Gasteiger partial charge in [0.25, 0.3) is 5.91 Å². The highest BCUT2D eigenvalue weighted by Gasteiger charge is 2.35. The van der Waals surface area contributed by atoms with Crippen LogP contribution in [0.3, 0.4) is 0 Å². The fourth-order valence-corrected chi connectivity index (χ4v) is 3.78. The molecule has 0 unspecified atom stereocenters. The smallest absolute Gasteiger partial charge is 0.251 e. The quantitative estimate of drug-likeness (QED) is 0.818. The molecule has 1 aliphatic rings. The van der Waals surface area contributed by atoms with Gasteiger partial charge in [-0.25, -0.2) is 17.2 Å². The van der Waals surface area contributed by atoms with Gasteiger partial charge < -0.3 is 5.32 Å². The van der Waals surface area contributed by atoms with Crippen molar-refractivity contribution in [1.82, 2.24) is 5.32 Å². The van der Waals surface area contributed by atoms with E-state index in [1.807, 2.05) is 0 Å². The van der Waals surface area contributed by atoms with Crippen molar-refractivity contribution in [3.8, 4) is 0 Å². The van der Waals surface area contributed by atoms with Crippen LogP contribution in [0.1, 0.15) is 49.4 Å². The maximum atomic E-state index is 13.1. The Labute approximate surface area is 140 Å². The Hall–Kier alpha value is -1.70. The SMILES string of the molecule is CCCS(=O)(=O)Nc1ccc(C(=O)NC2CCC(F)(F)CC2)cc1. The fraction of sp³-hybridized carbons (Fsp3) is 0.562. The first kappa shape index (κ1) is 18.6. The van der Waals surface area contributed by atoms with E-state index in [1.165, 1.54) is 24.3 Å². The summed E-state index contributed by atoms with van der Waals surface area (Å²) in [6.45, 7) is 1.77. The average molecular weight is 360 g/mol. The van der Waals surface area contributed by atoms with Crippen molar-refractivity contribution in [3.05, 3.63) is 29.8 Å². The molecule has 5 nitrogen and oxygen atoms in total. The number of hydrogen-bond acceptors (Lipinski definition) is 3. The highest BCUT2D eigenvalue weighted by Crippen LogP contribution is 2.33. The summed E-state index contributed by atoms with van der Waals surface area (Å²) in [5, 5.41) is 2.75. The van der Waals surface area contributed by atoms with Crippen LogP contribution in [0.15, 0.2) is 24.3 Å². The van der Waals surface area contributed by atoms with Gasteiger partial charge in [-0.1, -0.05) is 6.92 Å². The largest absolute Gasteiger partial charge is 0.349 e. The van der Waals surface area contributed by atoms with Gasteiger partial charge in [0.1, 0.15) is 0 Å². The molecule has 0 radical (unpaired) electrons. The molecule has 1 aromatic carbocycles. The number of benzene rings is 1. The van der Waals surface area contributed by atoms with Crippen LogP contribution in [0.4, 0.5) is 14.5 Å². The van der Waals surface area contributed by atoms with E-state index in [1.54, 1.807) is 6.92 Å². The molecule has 1 saturated carbocycles. The minimum atomic E-state index is -3.37. The van der Waals surface area contributed by atoms with Gasteiger partial charge in [-0.15, -0.1) is 0 Å². The molecular weight excluding hydrogens is 338 g/mol. The van der Waals surface area contributed by atoms with Crippen LogP contribution >= 0.6 is 0 Å². The minimum Gasteiger partial charge on any atom is -0.349 e. The molecule has 2 N–H and O–H groups in total. The Bertz CT molecular complexity index is 665. The topological polar surface area (TPSA) is 75.3 Å². The van der Waals surface area contributed by atoms with Crippen molar-refractivity contribution in [2.24, 2.45) is 0 Å². The van der Waals surface area contributed by atoms with E-state index >= 15 is 0 Å². The van der Waals surface area contributed by atoms with E-state index < -0.39 is 15.9 Å². The minimum absolute atomic E-state index is 0.0293. The van der Waals surface area contributed by atoms with Gasteiger partial charge in [0.2, 0.25) is 15.9 Å². The van der Waals surface area contributed by atoms with Crippen molar-refractivity contribution >= 4 is 21.6 Å². The lowest BCUT2D eigenvalue weighted by molar-refractivity contribution is -0.0399. The molecule has 0 heterocycles. The van der Waals surface area contributed by atoms with E-state index in [2.05, 4.69) is 10.0 Å². The standard InChI is InChI=1S/C16H22F2N2O3S/c1-2-11-24(22,23)20-14-5-3-12(4-6-14)15(21)19-13-7-9-16(17,18)10-8-13/h3-6,13,20H,2,7-11H2,1H3,(H,19,21). The number of anilines is 1. The molecule has 0 saturated heterocycles. The second kappa shape index (κ2) is 7.46. The Morgan fingerprint density at radius 1 is 1.21 bits per heavy atom. The Balaban J connectivity index is 1.92. The van der Waals surface area contributed by atoms with Crippen LogP contribution in [0.5, 0.6) is 0 Å². The van der Waals surface area contributed by atoms with Crippen LogP contribution in [0, 0.1) is 0 Å². The van der Waals surface area contributed by atoms with Gasteiger partial charge in [-0.3, -0.25) is 9.52 Å². The molecule has 8 heteroatoms. The van der Waals surface area contributed by atoms with Crippen LogP contribution in [0.2, 0.25) is 0 Å². The summed E-state index contributed by atoms with van der Waals surface area (Å²) >= 11 is 0. The van der Waals surface area contributed by atoms with Gasteiger partial charge in [0, 0.05) is 30.1 Å². The van der Waals surface area contributed by atoms with Crippen molar-refractivity contribution in [2.45, 2.75) is 51.0 Å². The maximum absolute atomic E-state index is 13.1. The van der Waals surface area contributed by atoms with Crippen LogP contribution < -0.4 is 10.0 Å². The molecule has 24 heavy (non-hydrogen) atoms. The van der Waals surface area contributed by atoms with Crippen LogP contribution in [-0.2, 0) is 10.0 Å². The second-order valence-electron chi connectivity index (χ2n) is 6.10. The molecule has 134 valence electrons. The molecule has 0 aromatic heterocycles. The number of sulfonamides is 1. The zero-order valence-electron chi connectivity index (χ0n) is 13.5. The van der Waals surface area contributed by atoms with Crippen LogP contribution in [-0.4, -0.2) is 32.0 Å². The number of carbonyl (C=O) groups excluding carboxylic acids is 1. The first-order chi connectivity index (χ1) is 11.2. The summed E-state index contributed by atoms with van der Waals surface area (Å²) in [5.74, 6) is -2.94. The summed E-state index contributed by atoms with van der Waals surface area (Å²) in [6.07, 6.45) is 0.601. The lowest BCUT2D eigenvalue weighted by Crippen LogP contribution is -2.40. The van der Waals surface area contributed by atoms with E-state index in [0.29, 0.717) is 17.7 Å².